The number of hydrogen-bond donors (Lipinski definition) is 1. The van der Waals surface area contributed by atoms with E-state index in [2.05, 4.69) is 7.05 Å². The number of rotatable bonds is 2. The van der Waals surface area contributed by atoms with Gasteiger partial charge in [0.1, 0.15) is 6.54 Å². The number of esters is 1. The molecule has 1 aromatic rings. The fourth-order valence-corrected chi connectivity index (χ4v) is 2.26. The van der Waals surface area contributed by atoms with Crippen molar-refractivity contribution in [2.75, 3.05) is 20.1 Å². The van der Waals surface area contributed by atoms with Gasteiger partial charge < -0.3 is 9.64 Å². The second-order valence-electron chi connectivity index (χ2n) is 4.59. The van der Waals surface area contributed by atoms with E-state index in [1.165, 1.54) is 4.90 Å². The summed E-state index contributed by atoms with van der Waals surface area (Å²) in [5.41, 5.74) is 0.567. The molecule has 0 saturated carbocycles. The third-order valence-electron chi connectivity index (χ3n) is 3.06. The molecule has 1 aromatic carbocycles. The number of ether oxygens (including phenoxy) is 1. The van der Waals surface area contributed by atoms with Crippen LogP contribution in [0.4, 0.5) is 0 Å². The smallest absolute Gasteiger partial charge is 0.338 e. The number of carbonyl (C=O) groups is 1. The van der Waals surface area contributed by atoms with Crippen molar-refractivity contribution < 1.29 is 14.4 Å². The van der Waals surface area contributed by atoms with Crippen LogP contribution < -0.4 is 4.90 Å². The first-order chi connectivity index (χ1) is 8.15. The molecular weight excluding hydrogens is 238 g/mol. The predicted octanol–water partition coefficient (Wildman–Crippen LogP) is 1.17. The summed E-state index contributed by atoms with van der Waals surface area (Å²) < 4.78 is 5.48. The van der Waals surface area contributed by atoms with Crippen LogP contribution in [-0.4, -0.2) is 32.2 Å². The summed E-state index contributed by atoms with van der Waals surface area (Å²) in [6, 6.07) is 6.81. The van der Waals surface area contributed by atoms with Gasteiger partial charge in [0.25, 0.3) is 0 Å². The van der Waals surface area contributed by atoms with Gasteiger partial charge in [-0.05, 0) is 30.7 Å². The Morgan fingerprint density at radius 3 is 2.76 bits per heavy atom. The summed E-state index contributed by atoms with van der Waals surface area (Å²) in [5, 5.41) is 0.628. The highest BCUT2D eigenvalue weighted by atomic mass is 35.5. The van der Waals surface area contributed by atoms with Crippen LogP contribution in [0.1, 0.15) is 23.2 Å². The first kappa shape index (κ1) is 12.4. The van der Waals surface area contributed by atoms with Crippen molar-refractivity contribution in [3.63, 3.8) is 0 Å². The average Bonchev–Trinajstić information content (AvgIpc) is 2.29. The SMILES string of the molecule is C[NH+]1CCC[C@H](OC(=O)c2ccc(Cl)cc2)C1. The van der Waals surface area contributed by atoms with Gasteiger partial charge in [-0.1, -0.05) is 11.6 Å². The van der Waals surface area contributed by atoms with Gasteiger partial charge in [0.2, 0.25) is 0 Å². The first-order valence-electron chi connectivity index (χ1n) is 5.93. The third kappa shape index (κ3) is 3.45. The zero-order chi connectivity index (χ0) is 12.3. The third-order valence-corrected chi connectivity index (χ3v) is 3.31. The van der Waals surface area contributed by atoms with Crippen molar-refractivity contribution in [2.45, 2.75) is 18.9 Å². The maximum Gasteiger partial charge on any atom is 0.338 e. The summed E-state index contributed by atoms with van der Waals surface area (Å²) in [4.78, 5) is 13.3. The maximum atomic E-state index is 11.9. The molecule has 1 N–H and O–H groups in total. The Kier molecular flexibility index (Phi) is 4.02. The molecule has 1 unspecified atom stereocenters. The minimum Gasteiger partial charge on any atom is -0.453 e. The second kappa shape index (κ2) is 5.52. The van der Waals surface area contributed by atoms with Crippen molar-refractivity contribution in [1.29, 1.82) is 0 Å². The summed E-state index contributed by atoms with van der Waals surface area (Å²) in [6.45, 7) is 2.06. The van der Waals surface area contributed by atoms with Gasteiger partial charge in [0.15, 0.2) is 6.10 Å². The molecule has 1 fully saturated rings. The van der Waals surface area contributed by atoms with E-state index >= 15 is 0 Å². The van der Waals surface area contributed by atoms with E-state index in [1.54, 1.807) is 24.3 Å². The van der Waals surface area contributed by atoms with Crippen molar-refractivity contribution in [3.05, 3.63) is 34.9 Å². The van der Waals surface area contributed by atoms with E-state index in [1.807, 2.05) is 0 Å². The van der Waals surface area contributed by atoms with Crippen molar-refractivity contribution >= 4 is 17.6 Å². The molecule has 0 spiro atoms. The number of likely N-dealkylation sites (N-methyl/N-ethyl adjacent to an activating group) is 1. The predicted molar refractivity (Wildman–Crippen MR) is 66.5 cm³/mol. The van der Waals surface area contributed by atoms with Crippen LogP contribution in [0.15, 0.2) is 24.3 Å². The Balaban J connectivity index is 1.94. The van der Waals surface area contributed by atoms with Crippen LogP contribution in [0.3, 0.4) is 0 Å². The molecule has 3 nitrogen and oxygen atoms in total. The standard InChI is InChI=1S/C13H16ClNO2/c1-15-8-2-3-12(9-15)17-13(16)10-4-6-11(14)7-5-10/h4-7,12H,2-3,8-9H2,1H3/p+1/t12-/m0/s1. The lowest BCUT2D eigenvalue weighted by molar-refractivity contribution is -0.888. The van der Waals surface area contributed by atoms with Gasteiger partial charge in [0, 0.05) is 11.4 Å². The molecule has 1 saturated heterocycles. The van der Waals surface area contributed by atoms with Gasteiger partial charge >= 0.3 is 5.97 Å². The monoisotopic (exact) mass is 254 g/mol. The Labute approximate surface area is 106 Å². The van der Waals surface area contributed by atoms with Gasteiger partial charge in [-0.3, -0.25) is 0 Å². The molecule has 0 aliphatic carbocycles. The molecule has 4 heteroatoms. The average molecular weight is 255 g/mol. The molecule has 0 bridgehead atoms. The summed E-state index contributed by atoms with van der Waals surface area (Å²) in [5.74, 6) is -0.249. The molecule has 0 aromatic heterocycles. The van der Waals surface area contributed by atoms with Crippen LogP contribution in [0.25, 0.3) is 0 Å². The number of quaternary nitrogens is 1. The first-order valence-corrected chi connectivity index (χ1v) is 6.31. The van der Waals surface area contributed by atoms with Crippen molar-refractivity contribution in [2.24, 2.45) is 0 Å². The van der Waals surface area contributed by atoms with Crippen molar-refractivity contribution in [1.82, 2.24) is 0 Å². The summed E-state index contributed by atoms with van der Waals surface area (Å²) in [6.07, 6.45) is 2.13. The van der Waals surface area contributed by atoms with E-state index in [0.717, 1.165) is 25.9 Å². The number of likely N-dealkylation sites (tertiary alicyclic amines) is 1. The number of benzene rings is 1. The highest BCUT2D eigenvalue weighted by Gasteiger charge is 2.24. The van der Waals surface area contributed by atoms with E-state index < -0.39 is 0 Å². The second-order valence-corrected chi connectivity index (χ2v) is 5.02. The minimum absolute atomic E-state index is 0.0481. The summed E-state index contributed by atoms with van der Waals surface area (Å²) in [7, 11) is 2.13. The molecule has 2 atom stereocenters. The zero-order valence-electron chi connectivity index (χ0n) is 9.91. The number of halogens is 1. The molecule has 1 aliphatic heterocycles. The Bertz CT molecular complexity index is 391. The zero-order valence-corrected chi connectivity index (χ0v) is 10.7. The number of nitrogens with one attached hydrogen (secondary N) is 1. The Morgan fingerprint density at radius 1 is 1.41 bits per heavy atom. The largest absolute Gasteiger partial charge is 0.453 e. The van der Waals surface area contributed by atoms with Gasteiger partial charge in [-0.25, -0.2) is 4.79 Å². The number of piperidine rings is 1. The molecule has 92 valence electrons. The van der Waals surface area contributed by atoms with Gasteiger partial charge in [-0.15, -0.1) is 0 Å². The topological polar surface area (TPSA) is 30.7 Å². The summed E-state index contributed by atoms with van der Waals surface area (Å²) >= 11 is 5.77. The lowest BCUT2D eigenvalue weighted by Crippen LogP contribution is -3.11. The molecule has 2 rings (SSSR count). The van der Waals surface area contributed by atoms with E-state index in [0.29, 0.717) is 10.6 Å². The maximum absolute atomic E-state index is 11.9. The molecule has 1 aliphatic rings. The highest BCUT2D eigenvalue weighted by Crippen LogP contribution is 2.12. The van der Waals surface area contributed by atoms with Gasteiger partial charge in [0.05, 0.1) is 19.2 Å². The minimum atomic E-state index is -0.249. The van der Waals surface area contributed by atoms with Gasteiger partial charge in [-0.2, -0.15) is 0 Å². The molecule has 0 amide bonds. The van der Waals surface area contributed by atoms with E-state index in [-0.39, 0.29) is 12.1 Å². The van der Waals surface area contributed by atoms with Crippen LogP contribution in [0, 0.1) is 0 Å². The van der Waals surface area contributed by atoms with Crippen LogP contribution >= 0.6 is 11.6 Å². The quantitative estimate of drug-likeness (QED) is 0.804. The fourth-order valence-electron chi connectivity index (χ4n) is 2.13. The molecule has 17 heavy (non-hydrogen) atoms. The van der Waals surface area contributed by atoms with Crippen molar-refractivity contribution in [3.8, 4) is 0 Å². The van der Waals surface area contributed by atoms with E-state index in [9.17, 15) is 4.79 Å². The molecular formula is C13H17ClNO2+. The number of hydrogen-bond acceptors (Lipinski definition) is 2. The highest BCUT2D eigenvalue weighted by molar-refractivity contribution is 6.30. The lowest BCUT2D eigenvalue weighted by Gasteiger charge is -2.26. The Morgan fingerprint density at radius 2 is 2.12 bits per heavy atom. The van der Waals surface area contributed by atoms with Crippen LogP contribution in [0.2, 0.25) is 5.02 Å². The molecule has 1 heterocycles. The molecule has 0 radical (unpaired) electrons. The fraction of sp³-hybridized carbons (Fsp3) is 0.462. The Hall–Kier alpha value is -1.06. The van der Waals surface area contributed by atoms with Crippen LogP contribution in [-0.2, 0) is 4.74 Å². The lowest BCUT2D eigenvalue weighted by atomic mass is 10.1. The van der Waals surface area contributed by atoms with Crippen LogP contribution in [0.5, 0.6) is 0 Å². The normalized spacial score (nSPS) is 24.4. The van der Waals surface area contributed by atoms with E-state index in [4.69, 9.17) is 16.3 Å². The number of carbonyl (C=O) groups excluding carboxylic acids is 1.